The molecule has 3 nitrogen and oxygen atoms in total. The van der Waals surface area contributed by atoms with Crippen LogP contribution in [-0.2, 0) is 4.79 Å². The monoisotopic (exact) mass is 292 g/mol. The number of amides is 1. The molecule has 1 N–H and O–H groups in total. The van der Waals surface area contributed by atoms with Gasteiger partial charge in [0.25, 0.3) is 0 Å². The topological polar surface area (TPSA) is 32.3 Å². The third-order valence-electron chi connectivity index (χ3n) is 6.05. The van der Waals surface area contributed by atoms with Gasteiger partial charge in [0.05, 0.1) is 12.2 Å². The van der Waals surface area contributed by atoms with Crippen molar-refractivity contribution in [3.63, 3.8) is 0 Å². The van der Waals surface area contributed by atoms with Crippen molar-refractivity contribution < 1.29 is 4.79 Å². The highest BCUT2D eigenvalue weighted by Crippen LogP contribution is 2.38. The van der Waals surface area contributed by atoms with Crippen molar-refractivity contribution in [1.82, 2.24) is 10.2 Å². The quantitative estimate of drug-likeness (QED) is 0.840. The molecule has 3 unspecified atom stereocenters. The van der Waals surface area contributed by atoms with Crippen molar-refractivity contribution in [2.45, 2.75) is 90.4 Å². The molecule has 2 aliphatic carbocycles. The molecule has 0 spiro atoms. The Bertz CT molecular complexity index is 371. The van der Waals surface area contributed by atoms with Crippen molar-refractivity contribution in [2.24, 2.45) is 17.8 Å². The largest absolute Gasteiger partial charge is 0.323 e. The molecule has 3 rings (SSSR count). The molecule has 3 heteroatoms. The summed E-state index contributed by atoms with van der Waals surface area (Å²) in [7, 11) is 0. The van der Waals surface area contributed by atoms with E-state index in [0.29, 0.717) is 30.0 Å². The number of nitrogens with one attached hydrogen (secondary N) is 1. The molecule has 1 aliphatic heterocycles. The summed E-state index contributed by atoms with van der Waals surface area (Å²) in [6.07, 6.45) is 10.6. The SMILES string of the molecule is CC(C)CC1NC(C2CCCC2)N(C(C)C2CCC2)C1=O. The van der Waals surface area contributed by atoms with Gasteiger partial charge in [0, 0.05) is 6.04 Å². The molecule has 1 heterocycles. The second-order valence-electron chi connectivity index (χ2n) is 8.02. The highest BCUT2D eigenvalue weighted by atomic mass is 16.2. The average Bonchev–Trinajstić information content (AvgIpc) is 2.95. The first-order valence-electron chi connectivity index (χ1n) is 9.16. The molecule has 3 fully saturated rings. The normalized spacial score (nSPS) is 33.0. The molecule has 0 bridgehead atoms. The lowest BCUT2D eigenvalue weighted by molar-refractivity contribution is -0.134. The number of nitrogens with zero attached hydrogens (tertiary/aromatic N) is 1. The maximum absolute atomic E-state index is 13.0. The Morgan fingerprint density at radius 2 is 1.76 bits per heavy atom. The lowest BCUT2D eigenvalue weighted by Crippen LogP contribution is -2.50. The lowest BCUT2D eigenvalue weighted by atomic mass is 9.79. The van der Waals surface area contributed by atoms with Crippen molar-refractivity contribution in [2.75, 3.05) is 0 Å². The van der Waals surface area contributed by atoms with E-state index in [1.807, 2.05) is 0 Å². The summed E-state index contributed by atoms with van der Waals surface area (Å²) in [6.45, 7) is 6.73. The van der Waals surface area contributed by atoms with Crippen LogP contribution in [0, 0.1) is 17.8 Å². The van der Waals surface area contributed by atoms with Gasteiger partial charge in [-0.15, -0.1) is 0 Å². The van der Waals surface area contributed by atoms with Crippen molar-refractivity contribution in [3.05, 3.63) is 0 Å². The molecular formula is C18H32N2O. The summed E-state index contributed by atoms with van der Waals surface area (Å²) >= 11 is 0. The Hall–Kier alpha value is -0.570. The van der Waals surface area contributed by atoms with Crippen LogP contribution in [0.2, 0.25) is 0 Å². The van der Waals surface area contributed by atoms with Crippen LogP contribution in [0.3, 0.4) is 0 Å². The van der Waals surface area contributed by atoms with E-state index < -0.39 is 0 Å². The van der Waals surface area contributed by atoms with Gasteiger partial charge in [-0.05, 0) is 56.8 Å². The van der Waals surface area contributed by atoms with Crippen LogP contribution in [0.15, 0.2) is 0 Å². The van der Waals surface area contributed by atoms with E-state index in [0.717, 1.165) is 12.3 Å². The van der Waals surface area contributed by atoms with E-state index in [9.17, 15) is 4.79 Å². The minimum Gasteiger partial charge on any atom is -0.323 e. The molecule has 1 amide bonds. The molecule has 2 saturated carbocycles. The van der Waals surface area contributed by atoms with Crippen molar-refractivity contribution in [1.29, 1.82) is 0 Å². The summed E-state index contributed by atoms with van der Waals surface area (Å²) < 4.78 is 0. The van der Waals surface area contributed by atoms with Gasteiger partial charge in [-0.2, -0.15) is 0 Å². The van der Waals surface area contributed by atoms with Gasteiger partial charge in [0.15, 0.2) is 0 Å². The van der Waals surface area contributed by atoms with Gasteiger partial charge < -0.3 is 4.90 Å². The molecule has 0 radical (unpaired) electrons. The van der Waals surface area contributed by atoms with Crippen LogP contribution in [0.1, 0.15) is 72.1 Å². The Morgan fingerprint density at radius 3 is 2.29 bits per heavy atom. The minimum absolute atomic E-state index is 0.0677. The minimum atomic E-state index is 0.0677. The van der Waals surface area contributed by atoms with E-state index in [2.05, 4.69) is 31.0 Å². The van der Waals surface area contributed by atoms with Gasteiger partial charge >= 0.3 is 0 Å². The molecule has 0 aromatic heterocycles. The zero-order valence-electron chi connectivity index (χ0n) is 14.0. The molecule has 3 atom stereocenters. The Balaban J connectivity index is 1.75. The van der Waals surface area contributed by atoms with Crippen LogP contribution in [0.25, 0.3) is 0 Å². The van der Waals surface area contributed by atoms with Crippen molar-refractivity contribution in [3.8, 4) is 0 Å². The van der Waals surface area contributed by atoms with Gasteiger partial charge in [0.1, 0.15) is 0 Å². The summed E-state index contributed by atoms with van der Waals surface area (Å²) in [4.78, 5) is 15.2. The predicted molar refractivity (Wildman–Crippen MR) is 85.8 cm³/mol. The first-order valence-corrected chi connectivity index (χ1v) is 9.16. The molecule has 0 aromatic carbocycles. The van der Waals surface area contributed by atoms with E-state index in [1.54, 1.807) is 0 Å². The van der Waals surface area contributed by atoms with Gasteiger partial charge in [-0.25, -0.2) is 0 Å². The molecule has 21 heavy (non-hydrogen) atoms. The fourth-order valence-electron chi connectivity index (χ4n) is 4.55. The maximum Gasteiger partial charge on any atom is 0.241 e. The predicted octanol–water partition coefficient (Wildman–Crippen LogP) is 3.54. The number of hydrogen-bond donors (Lipinski definition) is 1. The summed E-state index contributed by atoms with van der Waals surface area (Å²) in [6, 6.07) is 0.500. The highest BCUT2D eigenvalue weighted by molar-refractivity contribution is 5.84. The molecule has 3 aliphatic rings. The number of rotatable bonds is 5. The van der Waals surface area contributed by atoms with Crippen LogP contribution in [0.4, 0.5) is 0 Å². The lowest BCUT2D eigenvalue weighted by Gasteiger charge is -2.41. The average molecular weight is 292 g/mol. The third kappa shape index (κ3) is 2.99. The van der Waals surface area contributed by atoms with E-state index in [-0.39, 0.29) is 6.04 Å². The number of carbonyl (C=O) groups excluding carboxylic acids is 1. The zero-order chi connectivity index (χ0) is 15.0. The van der Waals surface area contributed by atoms with Crippen molar-refractivity contribution >= 4 is 5.91 Å². The third-order valence-corrected chi connectivity index (χ3v) is 6.05. The molecule has 1 saturated heterocycles. The van der Waals surface area contributed by atoms with Gasteiger partial charge in [-0.1, -0.05) is 33.1 Å². The standard InChI is InChI=1S/C18H32N2O/c1-12(2)11-16-18(21)20(13(3)14-9-6-10-14)17(19-16)15-7-4-5-8-15/h12-17,19H,4-11H2,1-3H3. The maximum atomic E-state index is 13.0. The Labute approximate surface area is 129 Å². The summed E-state index contributed by atoms with van der Waals surface area (Å²) in [5, 5.41) is 3.72. The first-order chi connectivity index (χ1) is 10.1. The van der Waals surface area contributed by atoms with Crippen LogP contribution < -0.4 is 5.32 Å². The summed E-state index contributed by atoms with van der Waals surface area (Å²) in [5.74, 6) is 2.40. The second-order valence-corrected chi connectivity index (χ2v) is 8.02. The zero-order valence-corrected chi connectivity index (χ0v) is 14.0. The number of carbonyl (C=O) groups is 1. The Kier molecular flexibility index (Phi) is 4.58. The Morgan fingerprint density at radius 1 is 1.10 bits per heavy atom. The van der Waals surface area contributed by atoms with Crippen LogP contribution in [-0.4, -0.2) is 29.1 Å². The van der Waals surface area contributed by atoms with Crippen LogP contribution in [0.5, 0.6) is 0 Å². The first kappa shape index (κ1) is 15.3. The highest BCUT2D eigenvalue weighted by Gasteiger charge is 2.47. The van der Waals surface area contributed by atoms with E-state index in [1.165, 1.54) is 44.9 Å². The molecular weight excluding hydrogens is 260 g/mol. The molecule has 120 valence electrons. The fraction of sp³-hybridized carbons (Fsp3) is 0.944. The van der Waals surface area contributed by atoms with Crippen LogP contribution >= 0.6 is 0 Å². The van der Waals surface area contributed by atoms with Gasteiger partial charge in [-0.3, -0.25) is 10.1 Å². The number of hydrogen-bond acceptors (Lipinski definition) is 2. The fourth-order valence-corrected chi connectivity index (χ4v) is 4.55. The second kappa shape index (κ2) is 6.28. The van der Waals surface area contributed by atoms with E-state index in [4.69, 9.17) is 0 Å². The summed E-state index contributed by atoms with van der Waals surface area (Å²) in [5.41, 5.74) is 0. The molecule has 0 aromatic rings. The van der Waals surface area contributed by atoms with Gasteiger partial charge in [0.2, 0.25) is 5.91 Å². The smallest absolute Gasteiger partial charge is 0.241 e. The van der Waals surface area contributed by atoms with E-state index >= 15 is 0 Å².